The average molecular weight is 132 g/mol. The van der Waals surface area contributed by atoms with E-state index in [0.29, 0.717) is 5.92 Å². The van der Waals surface area contributed by atoms with E-state index in [-0.39, 0.29) is 0 Å². The molecule has 1 fully saturated rings. The Bertz CT molecular complexity index is 211. The van der Waals surface area contributed by atoms with Gasteiger partial charge in [0.05, 0.1) is 12.1 Å². The molecule has 0 aromatic heterocycles. The quantitative estimate of drug-likeness (QED) is 0.536. The Balaban J connectivity index is 2.56. The molecule has 0 saturated heterocycles. The minimum atomic E-state index is -0.576. The van der Waals surface area contributed by atoms with Gasteiger partial charge in [-0.2, -0.15) is 10.5 Å². The molecule has 0 aromatic carbocycles. The Morgan fingerprint density at radius 3 is 2.20 bits per heavy atom. The summed E-state index contributed by atoms with van der Waals surface area (Å²) in [6.45, 7) is 3.71. The molecule has 10 heavy (non-hydrogen) atoms. The summed E-state index contributed by atoms with van der Waals surface area (Å²) in [6, 6.07) is 3.82. The monoisotopic (exact) mass is 132 g/mol. The van der Waals surface area contributed by atoms with Gasteiger partial charge in [0.1, 0.15) is 0 Å². The van der Waals surface area contributed by atoms with Gasteiger partial charge in [0.25, 0.3) is 0 Å². The second-order valence-electron chi connectivity index (χ2n) is 2.54. The molecular formula is C8H8N2. The number of nitriles is 2. The first-order valence-electron chi connectivity index (χ1n) is 3.27. The standard InChI is InChI=1S/C8H8N2/c1-6(7-2-3-7)8(4-9)5-10/h7-8H,1-3H2. The summed E-state index contributed by atoms with van der Waals surface area (Å²) in [5.74, 6) is -0.114. The highest BCUT2D eigenvalue weighted by Gasteiger charge is 2.29. The molecule has 2 heteroatoms. The van der Waals surface area contributed by atoms with Crippen LogP contribution in [0.3, 0.4) is 0 Å². The van der Waals surface area contributed by atoms with E-state index in [1.165, 1.54) is 0 Å². The highest BCUT2D eigenvalue weighted by atomic mass is 14.4. The average Bonchev–Trinajstić information content (AvgIpc) is 2.71. The number of rotatable bonds is 2. The summed E-state index contributed by atoms with van der Waals surface area (Å²) in [5, 5.41) is 16.9. The fourth-order valence-electron chi connectivity index (χ4n) is 0.885. The fraction of sp³-hybridized carbons (Fsp3) is 0.500. The zero-order valence-electron chi connectivity index (χ0n) is 5.67. The molecule has 0 bridgehead atoms. The van der Waals surface area contributed by atoms with Crippen LogP contribution in [0.15, 0.2) is 12.2 Å². The third kappa shape index (κ3) is 1.17. The van der Waals surface area contributed by atoms with E-state index >= 15 is 0 Å². The fourth-order valence-corrected chi connectivity index (χ4v) is 0.885. The van der Waals surface area contributed by atoms with E-state index in [9.17, 15) is 0 Å². The van der Waals surface area contributed by atoms with Gasteiger partial charge in [0.15, 0.2) is 5.92 Å². The summed E-state index contributed by atoms with van der Waals surface area (Å²) in [5.41, 5.74) is 0.810. The molecule has 2 nitrogen and oxygen atoms in total. The molecule has 0 heterocycles. The van der Waals surface area contributed by atoms with E-state index in [1.807, 2.05) is 12.1 Å². The third-order valence-electron chi connectivity index (χ3n) is 1.73. The molecule has 0 aliphatic heterocycles. The summed E-state index contributed by atoms with van der Waals surface area (Å²) >= 11 is 0. The van der Waals surface area contributed by atoms with Crippen molar-refractivity contribution in [2.75, 3.05) is 0 Å². The zero-order valence-corrected chi connectivity index (χ0v) is 5.67. The van der Waals surface area contributed by atoms with Crippen molar-refractivity contribution < 1.29 is 0 Å². The van der Waals surface area contributed by atoms with E-state index in [4.69, 9.17) is 10.5 Å². The smallest absolute Gasteiger partial charge is 0.154 e. The van der Waals surface area contributed by atoms with Gasteiger partial charge >= 0.3 is 0 Å². The molecule has 0 radical (unpaired) electrons. The van der Waals surface area contributed by atoms with Gasteiger partial charge in [0, 0.05) is 0 Å². The lowest BCUT2D eigenvalue weighted by atomic mass is 10.00. The van der Waals surface area contributed by atoms with Crippen molar-refractivity contribution in [1.29, 1.82) is 10.5 Å². The van der Waals surface area contributed by atoms with E-state index in [1.54, 1.807) is 0 Å². The summed E-state index contributed by atoms with van der Waals surface area (Å²) in [6.07, 6.45) is 2.22. The number of hydrogen-bond acceptors (Lipinski definition) is 2. The van der Waals surface area contributed by atoms with Crippen molar-refractivity contribution in [3.8, 4) is 12.1 Å². The SMILES string of the molecule is C=C(C(C#N)C#N)C1CC1. The molecule has 0 atom stereocenters. The van der Waals surface area contributed by atoms with E-state index in [0.717, 1.165) is 18.4 Å². The lowest BCUT2D eigenvalue weighted by molar-refractivity contribution is 0.864. The largest absolute Gasteiger partial charge is 0.197 e. The highest BCUT2D eigenvalue weighted by molar-refractivity contribution is 5.24. The van der Waals surface area contributed by atoms with Gasteiger partial charge in [-0.05, 0) is 24.3 Å². The van der Waals surface area contributed by atoms with Crippen LogP contribution in [0.2, 0.25) is 0 Å². The highest BCUT2D eigenvalue weighted by Crippen LogP contribution is 2.38. The van der Waals surface area contributed by atoms with Crippen molar-refractivity contribution >= 4 is 0 Å². The maximum atomic E-state index is 8.44. The Morgan fingerprint density at radius 1 is 1.40 bits per heavy atom. The van der Waals surface area contributed by atoms with E-state index < -0.39 is 5.92 Å². The number of hydrogen-bond donors (Lipinski definition) is 0. The maximum absolute atomic E-state index is 8.44. The normalized spacial score (nSPS) is 15.9. The second kappa shape index (κ2) is 2.54. The molecule has 0 amide bonds. The lowest BCUT2D eigenvalue weighted by Crippen LogP contribution is -1.97. The van der Waals surface area contributed by atoms with Gasteiger partial charge in [-0.1, -0.05) is 6.58 Å². The first-order chi connectivity index (χ1) is 4.79. The van der Waals surface area contributed by atoms with E-state index in [2.05, 4.69) is 6.58 Å². The molecule has 0 N–H and O–H groups in total. The molecule has 1 aliphatic rings. The van der Waals surface area contributed by atoms with Crippen molar-refractivity contribution in [3.63, 3.8) is 0 Å². The number of allylic oxidation sites excluding steroid dienone is 1. The van der Waals surface area contributed by atoms with Gasteiger partial charge in [0.2, 0.25) is 0 Å². The van der Waals surface area contributed by atoms with Gasteiger partial charge in [-0.15, -0.1) is 0 Å². The van der Waals surface area contributed by atoms with Crippen molar-refractivity contribution in [1.82, 2.24) is 0 Å². The van der Waals surface area contributed by atoms with Gasteiger partial charge in [-0.25, -0.2) is 0 Å². The second-order valence-corrected chi connectivity index (χ2v) is 2.54. The first-order valence-corrected chi connectivity index (χ1v) is 3.27. The van der Waals surface area contributed by atoms with Crippen LogP contribution in [-0.4, -0.2) is 0 Å². The third-order valence-corrected chi connectivity index (χ3v) is 1.73. The predicted molar refractivity (Wildman–Crippen MR) is 36.6 cm³/mol. The minimum absolute atomic E-state index is 0.462. The Morgan fingerprint density at radius 2 is 1.90 bits per heavy atom. The predicted octanol–water partition coefficient (Wildman–Crippen LogP) is 1.62. The molecule has 0 spiro atoms. The Labute approximate surface area is 60.4 Å². The van der Waals surface area contributed by atoms with Crippen molar-refractivity contribution in [2.45, 2.75) is 12.8 Å². The molecule has 0 aromatic rings. The summed E-state index contributed by atoms with van der Waals surface area (Å²) in [4.78, 5) is 0. The van der Waals surface area contributed by atoms with Crippen LogP contribution in [0.25, 0.3) is 0 Å². The van der Waals surface area contributed by atoms with Gasteiger partial charge < -0.3 is 0 Å². The van der Waals surface area contributed by atoms with Crippen LogP contribution in [-0.2, 0) is 0 Å². The molecule has 1 aliphatic carbocycles. The van der Waals surface area contributed by atoms with Crippen LogP contribution in [0, 0.1) is 34.5 Å². The molecular weight excluding hydrogens is 124 g/mol. The number of nitrogens with zero attached hydrogens (tertiary/aromatic N) is 2. The molecule has 50 valence electrons. The van der Waals surface area contributed by atoms with Crippen molar-refractivity contribution in [2.24, 2.45) is 11.8 Å². The minimum Gasteiger partial charge on any atom is -0.197 e. The van der Waals surface area contributed by atoms with Crippen LogP contribution < -0.4 is 0 Å². The molecule has 0 unspecified atom stereocenters. The van der Waals surface area contributed by atoms with Crippen molar-refractivity contribution in [3.05, 3.63) is 12.2 Å². The maximum Gasteiger partial charge on any atom is 0.154 e. The first kappa shape index (κ1) is 6.83. The van der Waals surface area contributed by atoms with Crippen LogP contribution in [0.5, 0.6) is 0 Å². The van der Waals surface area contributed by atoms with Crippen LogP contribution in [0.4, 0.5) is 0 Å². The van der Waals surface area contributed by atoms with Gasteiger partial charge in [-0.3, -0.25) is 0 Å². The Hall–Kier alpha value is -1.28. The summed E-state index contributed by atoms with van der Waals surface area (Å²) < 4.78 is 0. The summed E-state index contributed by atoms with van der Waals surface area (Å²) in [7, 11) is 0. The lowest BCUT2D eigenvalue weighted by Gasteiger charge is -1.99. The molecule has 1 saturated carbocycles. The zero-order chi connectivity index (χ0) is 7.56. The topological polar surface area (TPSA) is 47.6 Å². The molecule has 1 rings (SSSR count). The van der Waals surface area contributed by atoms with Crippen LogP contribution in [0.1, 0.15) is 12.8 Å². The Kier molecular flexibility index (Phi) is 1.73. The van der Waals surface area contributed by atoms with Crippen LogP contribution >= 0.6 is 0 Å².